The van der Waals surface area contributed by atoms with Gasteiger partial charge in [0.2, 0.25) is 0 Å². The number of rotatable bonds is 4. The summed E-state index contributed by atoms with van der Waals surface area (Å²) >= 11 is 4.63. The molecule has 0 aliphatic carbocycles. The van der Waals surface area contributed by atoms with Crippen molar-refractivity contribution in [1.29, 1.82) is 0 Å². The fraction of sp³-hybridized carbons (Fsp3) is 0.100. The molecule has 17 heavy (non-hydrogen) atoms. The molecule has 2 aromatic rings. The van der Waals surface area contributed by atoms with Crippen molar-refractivity contribution in [2.45, 2.75) is 6.61 Å². The third kappa shape index (κ3) is 3.15. The second-order valence-electron chi connectivity index (χ2n) is 3.14. The number of halogens is 2. The molecule has 0 aliphatic rings. The van der Waals surface area contributed by atoms with E-state index in [0.717, 1.165) is 4.88 Å². The number of hydrogen-bond donors (Lipinski definition) is 2. The number of nitrogen functional groups attached to an aromatic ring is 1. The first-order chi connectivity index (χ1) is 8.19. The van der Waals surface area contributed by atoms with Crippen molar-refractivity contribution in [2.24, 2.45) is 5.84 Å². The maximum Gasteiger partial charge on any atom is 0.197 e. The Hall–Kier alpha value is -1.18. The molecule has 1 aromatic heterocycles. The van der Waals surface area contributed by atoms with E-state index < -0.39 is 0 Å². The number of nitrogens with one attached hydrogen (secondary N) is 1. The van der Waals surface area contributed by atoms with E-state index in [-0.39, 0.29) is 5.82 Å². The van der Waals surface area contributed by atoms with Crippen LogP contribution in [0.5, 0.6) is 5.75 Å². The minimum absolute atomic E-state index is 0.309. The second-order valence-corrected chi connectivity index (χ2v) is 5.11. The minimum Gasteiger partial charge on any atom is -0.487 e. The molecular weight excluding hydrogens is 309 g/mol. The number of ether oxygens (including phenoxy) is 1. The molecule has 3 N–H and O–H groups in total. The lowest BCUT2D eigenvalue weighted by molar-refractivity contribution is 0.307. The van der Waals surface area contributed by atoms with Gasteiger partial charge in [-0.15, -0.1) is 0 Å². The Morgan fingerprint density at radius 3 is 3.00 bits per heavy atom. The van der Waals surface area contributed by atoms with Crippen LogP contribution in [0.2, 0.25) is 0 Å². The number of anilines is 1. The molecule has 0 atom stereocenters. The zero-order valence-electron chi connectivity index (χ0n) is 8.61. The first-order valence-electron chi connectivity index (χ1n) is 4.68. The highest BCUT2D eigenvalue weighted by Gasteiger charge is 2.05. The highest BCUT2D eigenvalue weighted by Crippen LogP contribution is 2.27. The van der Waals surface area contributed by atoms with Gasteiger partial charge in [-0.25, -0.2) is 15.2 Å². The van der Waals surface area contributed by atoms with Crippen molar-refractivity contribution in [3.05, 3.63) is 39.6 Å². The predicted molar refractivity (Wildman–Crippen MR) is 68.4 cm³/mol. The van der Waals surface area contributed by atoms with Crippen LogP contribution < -0.4 is 16.0 Å². The average Bonchev–Trinajstić information content (AvgIpc) is 2.76. The number of benzene rings is 1. The van der Waals surface area contributed by atoms with Gasteiger partial charge >= 0.3 is 0 Å². The van der Waals surface area contributed by atoms with Crippen LogP contribution in [0.4, 0.5) is 9.52 Å². The molecule has 2 rings (SSSR count). The van der Waals surface area contributed by atoms with Crippen LogP contribution in [0.1, 0.15) is 4.88 Å². The van der Waals surface area contributed by atoms with Gasteiger partial charge in [0.15, 0.2) is 5.13 Å². The van der Waals surface area contributed by atoms with E-state index in [1.54, 1.807) is 12.3 Å². The van der Waals surface area contributed by atoms with Crippen molar-refractivity contribution in [2.75, 3.05) is 5.43 Å². The van der Waals surface area contributed by atoms with E-state index in [1.165, 1.54) is 23.5 Å². The average molecular weight is 318 g/mol. The first-order valence-corrected chi connectivity index (χ1v) is 6.29. The summed E-state index contributed by atoms with van der Waals surface area (Å²) < 4.78 is 19.0. The fourth-order valence-electron chi connectivity index (χ4n) is 1.18. The van der Waals surface area contributed by atoms with Crippen LogP contribution in [0.25, 0.3) is 0 Å². The molecule has 0 fully saturated rings. The lowest BCUT2D eigenvalue weighted by atomic mass is 10.3. The SMILES string of the molecule is NNc1ncc(COc2ccc(F)cc2Br)s1. The molecule has 0 radical (unpaired) electrons. The van der Waals surface area contributed by atoms with Crippen molar-refractivity contribution in [1.82, 2.24) is 4.98 Å². The maximum atomic E-state index is 12.8. The number of hydrazine groups is 1. The number of hydrogen-bond acceptors (Lipinski definition) is 5. The summed E-state index contributed by atoms with van der Waals surface area (Å²) in [6.45, 7) is 0.365. The van der Waals surface area contributed by atoms with Crippen molar-refractivity contribution < 1.29 is 9.13 Å². The Kier molecular flexibility index (Phi) is 3.93. The zero-order valence-corrected chi connectivity index (χ0v) is 11.0. The fourth-order valence-corrected chi connectivity index (χ4v) is 2.28. The third-order valence-electron chi connectivity index (χ3n) is 1.94. The topological polar surface area (TPSA) is 60.2 Å². The van der Waals surface area contributed by atoms with Crippen LogP contribution in [0.3, 0.4) is 0 Å². The zero-order chi connectivity index (χ0) is 12.3. The van der Waals surface area contributed by atoms with E-state index in [2.05, 4.69) is 26.3 Å². The van der Waals surface area contributed by atoms with Crippen molar-refractivity contribution in [3.63, 3.8) is 0 Å². The number of nitrogens with zero attached hydrogens (tertiary/aromatic N) is 1. The molecule has 0 unspecified atom stereocenters. The molecule has 1 heterocycles. The van der Waals surface area contributed by atoms with Gasteiger partial charge in [-0.3, -0.25) is 5.43 Å². The molecule has 7 heteroatoms. The standard InChI is InChI=1S/C10H9BrFN3OS/c11-8-3-6(12)1-2-9(8)16-5-7-4-14-10(15-13)17-7/h1-4H,5,13H2,(H,14,15). The maximum absolute atomic E-state index is 12.8. The van der Waals surface area contributed by atoms with E-state index in [4.69, 9.17) is 10.6 Å². The normalized spacial score (nSPS) is 10.3. The van der Waals surface area contributed by atoms with Crippen LogP contribution in [0, 0.1) is 5.82 Å². The lowest BCUT2D eigenvalue weighted by Gasteiger charge is -2.06. The Morgan fingerprint density at radius 2 is 2.35 bits per heavy atom. The van der Waals surface area contributed by atoms with Gasteiger partial charge in [0.25, 0.3) is 0 Å². The Morgan fingerprint density at radius 1 is 1.53 bits per heavy atom. The molecule has 0 aliphatic heterocycles. The summed E-state index contributed by atoms with van der Waals surface area (Å²) in [5.74, 6) is 5.50. The molecule has 0 amide bonds. The van der Waals surface area contributed by atoms with Gasteiger partial charge < -0.3 is 4.74 Å². The quantitative estimate of drug-likeness (QED) is 0.672. The van der Waals surface area contributed by atoms with Crippen LogP contribution in [-0.2, 0) is 6.61 Å². The summed E-state index contributed by atoms with van der Waals surface area (Å²) in [6.07, 6.45) is 1.68. The Labute approximate surface area is 110 Å². The Balaban J connectivity index is 2.02. The summed E-state index contributed by atoms with van der Waals surface area (Å²) in [7, 11) is 0. The van der Waals surface area contributed by atoms with Gasteiger partial charge in [-0.2, -0.15) is 0 Å². The van der Waals surface area contributed by atoms with Gasteiger partial charge in [-0.05, 0) is 34.1 Å². The van der Waals surface area contributed by atoms with Gasteiger partial charge in [0, 0.05) is 6.20 Å². The molecule has 0 saturated carbocycles. The second kappa shape index (κ2) is 5.44. The molecule has 90 valence electrons. The molecule has 0 spiro atoms. The summed E-state index contributed by atoms with van der Waals surface area (Å²) in [4.78, 5) is 4.94. The lowest BCUT2D eigenvalue weighted by Crippen LogP contribution is -2.05. The third-order valence-corrected chi connectivity index (χ3v) is 3.46. The number of thiazole rings is 1. The molecule has 0 bridgehead atoms. The number of aromatic nitrogens is 1. The van der Waals surface area contributed by atoms with Crippen LogP contribution in [0.15, 0.2) is 28.9 Å². The molecule has 4 nitrogen and oxygen atoms in total. The van der Waals surface area contributed by atoms with Gasteiger partial charge in [0.05, 0.1) is 9.35 Å². The van der Waals surface area contributed by atoms with E-state index in [1.807, 2.05) is 0 Å². The highest BCUT2D eigenvalue weighted by atomic mass is 79.9. The first kappa shape index (κ1) is 12.3. The van der Waals surface area contributed by atoms with Crippen molar-refractivity contribution in [3.8, 4) is 5.75 Å². The minimum atomic E-state index is -0.309. The van der Waals surface area contributed by atoms with E-state index in [9.17, 15) is 4.39 Å². The van der Waals surface area contributed by atoms with Crippen LogP contribution in [-0.4, -0.2) is 4.98 Å². The van der Waals surface area contributed by atoms with E-state index >= 15 is 0 Å². The Bertz CT molecular complexity index is 520. The van der Waals surface area contributed by atoms with Crippen LogP contribution >= 0.6 is 27.3 Å². The van der Waals surface area contributed by atoms with Gasteiger partial charge in [0.1, 0.15) is 18.2 Å². The summed E-state index contributed by atoms with van der Waals surface area (Å²) in [5.41, 5.74) is 2.46. The largest absolute Gasteiger partial charge is 0.487 e. The molecule has 1 aromatic carbocycles. The molecular formula is C10H9BrFN3OS. The van der Waals surface area contributed by atoms with Crippen molar-refractivity contribution >= 4 is 32.4 Å². The monoisotopic (exact) mass is 317 g/mol. The summed E-state index contributed by atoms with van der Waals surface area (Å²) in [6, 6.07) is 4.27. The van der Waals surface area contributed by atoms with E-state index in [0.29, 0.717) is 22.0 Å². The van der Waals surface area contributed by atoms with Gasteiger partial charge in [-0.1, -0.05) is 11.3 Å². The highest BCUT2D eigenvalue weighted by molar-refractivity contribution is 9.10. The predicted octanol–water partition coefficient (Wildman–Crippen LogP) is 2.91. The number of nitrogens with two attached hydrogens (primary N) is 1. The summed E-state index contributed by atoms with van der Waals surface area (Å²) in [5, 5.41) is 0.627. The smallest absolute Gasteiger partial charge is 0.197 e. The molecule has 0 saturated heterocycles.